The highest BCUT2D eigenvalue weighted by Gasteiger charge is 2.43. The van der Waals surface area contributed by atoms with Crippen LogP contribution in [0.1, 0.15) is 93.4 Å². The smallest absolute Gasteiger partial charge is 0.320 e. The van der Waals surface area contributed by atoms with E-state index in [4.69, 9.17) is 15.2 Å². The zero-order valence-electron chi connectivity index (χ0n) is 55.2. The number of rotatable bonds is 28. The molecule has 4 aliphatic heterocycles. The van der Waals surface area contributed by atoms with Crippen LogP contribution < -0.4 is 37.6 Å². The first-order valence-electron chi connectivity index (χ1n) is 33.2. The van der Waals surface area contributed by atoms with E-state index in [2.05, 4.69) is 50.1 Å². The molecule has 32 heteroatoms. The average molecular weight is 1410 g/mol. The molecule has 4 aliphatic rings. The number of carboxylic acids is 3. The van der Waals surface area contributed by atoms with Gasteiger partial charge in [0.15, 0.2) is 0 Å². The number of amides is 9. The van der Waals surface area contributed by atoms with Crippen molar-refractivity contribution in [2.75, 3.05) is 129 Å². The lowest BCUT2D eigenvalue weighted by Gasteiger charge is -2.32. The molecule has 4 heterocycles. The summed E-state index contributed by atoms with van der Waals surface area (Å²) in [4.78, 5) is 165. The van der Waals surface area contributed by atoms with Crippen LogP contribution in [0.5, 0.6) is 0 Å². The lowest BCUT2D eigenvalue weighted by Crippen LogP contribution is -2.59. The topological polar surface area (TPSA) is 398 Å². The molecule has 6 rings (SSSR count). The van der Waals surface area contributed by atoms with E-state index >= 15 is 0 Å². The predicted octanol–water partition coefficient (Wildman–Crippen LogP) is -0.152. The molecule has 3 fully saturated rings. The predicted molar refractivity (Wildman–Crippen MR) is 365 cm³/mol. The molecule has 0 spiro atoms. The monoisotopic (exact) mass is 1410 g/mol. The molecule has 9 amide bonds. The van der Waals surface area contributed by atoms with Crippen molar-refractivity contribution >= 4 is 106 Å². The molecule has 0 aromatic heterocycles. The van der Waals surface area contributed by atoms with E-state index in [0.717, 1.165) is 22.3 Å². The molecule has 0 saturated carbocycles. The molecule has 0 aliphatic carbocycles. The number of thioether (sulfide) groups is 3. The number of nitrogens with zero attached hydrogens (tertiary/aromatic N) is 5. The van der Waals surface area contributed by atoms with E-state index in [9.17, 15) is 72.9 Å². The van der Waals surface area contributed by atoms with Crippen LogP contribution in [0.2, 0.25) is 0 Å². The van der Waals surface area contributed by atoms with Gasteiger partial charge in [-0.3, -0.25) is 72.2 Å². The van der Waals surface area contributed by atoms with Crippen molar-refractivity contribution in [3.05, 3.63) is 70.8 Å². The fraction of sp³-hybridized carbons (Fsp3) is 0.631. The minimum absolute atomic E-state index is 0.0260. The Morgan fingerprint density at radius 3 is 1.93 bits per heavy atom. The van der Waals surface area contributed by atoms with Crippen molar-refractivity contribution in [3.63, 3.8) is 0 Å². The molecule has 29 nitrogen and oxygen atoms in total. The summed E-state index contributed by atoms with van der Waals surface area (Å²) in [7, 11) is 0. The van der Waals surface area contributed by atoms with Crippen molar-refractivity contribution in [1.29, 1.82) is 0 Å². The highest BCUT2D eigenvalue weighted by Crippen LogP contribution is 2.28. The number of nitrogens with two attached hydrogens (primary N) is 1. The van der Waals surface area contributed by atoms with E-state index in [-0.39, 0.29) is 147 Å². The number of carbonyl (C=O) groups is 12. The number of benzene rings is 2. The Morgan fingerprint density at radius 2 is 1.27 bits per heavy atom. The van der Waals surface area contributed by atoms with E-state index in [1.54, 1.807) is 61.8 Å². The number of fused-ring (bicyclic) bond motifs is 4. The van der Waals surface area contributed by atoms with Gasteiger partial charge in [-0.2, -0.15) is 35.3 Å². The summed E-state index contributed by atoms with van der Waals surface area (Å²) in [5, 5.41) is 45.6. The van der Waals surface area contributed by atoms with Gasteiger partial charge in [-0.25, -0.2) is 0 Å². The molecule has 2 aromatic carbocycles. The van der Waals surface area contributed by atoms with Gasteiger partial charge in [0.2, 0.25) is 53.2 Å². The lowest BCUT2D eigenvalue weighted by molar-refractivity contribution is -0.146. The fourth-order valence-electron chi connectivity index (χ4n) is 11.9. The Morgan fingerprint density at radius 1 is 0.660 bits per heavy atom. The third-order valence-electron chi connectivity index (χ3n) is 16.9. The van der Waals surface area contributed by atoms with Crippen LogP contribution in [0.3, 0.4) is 0 Å². The van der Waals surface area contributed by atoms with Gasteiger partial charge in [0, 0.05) is 132 Å². The molecular weight excluding hydrogens is 1320 g/mol. The molecule has 6 atom stereocenters. The third-order valence-corrected chi connectivity index (χ3v) is 20.0. The molecule has 0 radical (unpaired) electrons. The first kappa shape index (κ1) is 78.9. The van der Waals surface area contributed by atoms with Crippen LogP contribution in [0, 0.1) is 0 Å². The number of carboxylic acid groups (broad SMARTS) is 3. The largest absolute Gasteiger partial charge is 0.480 e. The van der Waals surface area contributed by atoms with Crippen LogP contribution >= 0.6 is 35.3 Å². The summed E-state index contributed by atoms with van der Waals surface area (Å²) < 4.78 is 11.0. The molecule has 2 aromatic rings. The van der Waals surface area contributed by atoms with Gasteiger partial charge in [-0.05, 0) is 67.2 Å². The fourth-order valence-corrected chi connectivity index (χ4v) is 14.3. The van der Waals surface area contributed by atoms with Gasteiger partial charge in [0.05, 0.1) is 32.9 Å². The summed E-state index contributed by atoms with van der Waals surface area (Å²) in [6.45, 7) is 4.36. The van der Waals surface area contributed by atoms with Crippen LogP contribution in [0.4, 0.5) is 0 Å². The second kappa shape index (κ2) is 42.7. The first-order chi connectivity index (χ1) is 46.7. The standard InChI is InChI=1S/C65H96N12O17S3/c1-2-48-61(87)71-49(12-14-54(66)78)62(88)72-50(37-44-8-4-3-5-9-44)60(86)69-19-33-97-43-47-35-45(41-95-31-16-57(81)76-20-7-11-52(76)64(90)77-21-6-10-51(77)63(89)70-48)34-46(36-47)42-96-32-18-68-56(80)40-94-30-29-93-28-17-67-55(79)15-13-53(65(91)92)75-26-24-73(38-58(82)83)22-23-74(25-27-75)39-59(84)85/h3-5,8-9,34-36,48-53H,2,6-7,10-33,37-43H2,1H3,(H2,66,78)(H,67,79)(H,68,80)(H,69,86)(H,70,89)(H,71,87)(H,72,88)(H,82,83)(H,84,85)(H,91,92)/t48-,49-,50-,51-,52-,53?/m0/s1. The molecule has 97 heavy (non-hydrogen) atoms. The normalized spacial score (nSPS) is 21.8. The van der Waals surface area contributed by atoms with E-state index in [1.165, 1.54) is 4.90 Å². The van der Waals surface area contributed by atoms with Crippen LogP contribution in [-0.2, 0) is 90.7 Å². The maximum absolute atomic E-state index is 14.3. The van der Waals surface area contributed by atoms with Gasteiger partial charge in [-0.15, -0.1) is 0 Å². The highest BCUT2D eigenvalue weighted by molar-refractivity contribution is 7.99. The highest BCUT2D eigenvalue weighted by atomic mass is 32.2. The number of nitrogens with one attached hydrogen (secondary N) is 6. The summed E-state index contributed by atoms with van der Waals surface area (Å²) in [6, 6.07) is 9.31. The summed E-state index contributed by atoms with van der Waals surface area (Å²) >= 11 is 4.85. The van der Waals surface area contributed by atoms with Crippen LogP contribution in [-0.4, -0.2) is 276 Å². The van der Waals surface area contributed by atoms with Crippen LogP contribution in [0.25, 0.3) is 0 Å². The number of primary amides is 1. The van der Waals surface area contributed by atoms with Gasteiger partial charge in [0.25, 0.3) is 0 Å². The molecule has 3 saturated heterocycles. The summed E-state index contributed by atoms with van der Waals surface area (Å²) in [5.74, 6) is -4.09. The lowest BCUT2D eigenvalue weighted by atomic mass is 10.0. The zero-order chi connectivity index (χ0) is 70.1. The number of carbonyl (C=O) groups excluding carboxylic acids is 9. The summed E-state index contributed by atoms with van der Waals surface area (Å²) in [6.07, 6.45) is 1.86. The van der Waals surface area contributed by atoms with Crippen molar-refractivity contribution in [1.82, 2.24) is 56.4 Å². The molecule has 536 valence electrons. The summed E-state index contributed by atoms with van der Waals surface area (Å²) in [5.41, 5.74) is 9.42. The molecule has 2 bridgehead atoms. The second-order valence-corrected chi connectivity index (χ2v) is 27.5. The second-order valence-electron chi connectivity index (χ2n) is 24.2. The Kier molecular flexibility index (Phi) is 34.7. The van der Waals surface area contributed by atoms with E-state index in [1.807, 2.05) is 30.3 Å². The Balaban J connectivity index is 0.980. The minimum atomic E-state index is -1.31. The maximum Gasteiger partial charge on any atom is 0.320 e. The molecule has 1 unspecified atom stereocenters. The zero-order valence-corrected chi connectivity index (χ0v) is 57.7. The number of hydrogen-bond donors (Lipinski definition) is 10. The van der Waals surface area contributed by atoms with Crippen molar-refractivity contribution in [2.45, 2.75) is 131 Å². The maximum atomic E-state index is 14.3. The SMILES string of the molecule is CC[C@@H]1NC(=O)[C@@H]2CCCN2C(=O)[C@@H]2CCCN2C(=O)CCSCc2cc(CSCCNC(=O)COCCOCCNC(=O)CCC(C(=O)O)N3CCN(CC(=O)O)CCN(CC(=O)O)CC3)cc(c2)CSCCNC(=O)[C@H](Cc2ccccc2)NC(=O)[C@H](CCC(N)=O)NC1=O. The van der Waals surface area contributed by atoms with Crippen molar-refractivity contribution < 1.29 is 82.3 Å². The van der Waals surface area contributed by atoms with E-state index < -0.39 is 83.7 Å². The number of aliphatic carboxylic acids is 3. The van der Waals surface area contributed by atoms with Gasteiger partial charge < -0.3 is 72.2 Å². The minimum Gasteiger partial charge on any atom is -0.480 e. The number of ether oxygens (including phenoxy) is 2. The molecule has 11 N–H and O–H groups in total. The molecular formula is C65H96N12O17S3. The quantitative estimate of drug-likeness (QED) is 0.0495. The van der Waals surface area contributed by atoms with Gasteiger partial charge in [-0.1, -0.05) is 55.5 Å². The van der Waals surface area contributed by atoms with Crippen LogP contribution in [0.15, 0.2) is 48.5 Å². The third kappa shape index (κ3) is 28.4. The van der Waals surface area contributed by atoms with Gasteiger partial charge in [0.1, 0.15) is 42.9 Å². The Bertz CT molecular complexity index is 2950. The number of hydrogen-bond acceptors (Lipinski definition) is 20. The van der Waals surface area contributed by atoms with Crippen molar-refractivity contribution in [3.8, 4) is 0 Å². The van der Waals surface area contributed by atoms with Gasteiger partial charge >= 0.3 is 17.9 Å². The van der Waals surface area contributed by atoms with Crippen molar-refractivity contribution in [2.24, 2.45) is 5.73 Å². The Hall–Kier alpha value is -7.07. The Labute approximate surface area is 578 Å². The average Bonchev–Trinajstić information content (AvgIpc) is 1.70. The first-order valence-corrected chi connectivity index (χ1v) is 36.6. The van der Waals surface area contributed by atoms with E-state index in [0.29, 0.717) is 92.9 Å².